The molecule has 0 heterocycles. The number of nitrogens with one attached hydrogen (secondary N) is 2. The quantitative estimate of drug-likeness (QED) is 0.771. The Balaban J connectivity index is 2.77. The highest BCUT2D eigenvalue weighted by molar-refractivity contribution is 7.89. The predicted molar refractivity (Wildman–Crippen MR) is 81.4 cm³/mol. The molecule has 0 saturated heterocycles. The SMILES string of the molecule is CCOCC(Nc1ccc(S(=O)(=O)NC)cc1)C(C)C. The Morgan fingerprint density at radius 1 is 1.20 bits per heavy atom. The van der Waals surface area contributed by atoms with Crippen LogP contribution in [0.3, 0.4) is 0 Å². The van der Waals surface area contributed by atoms with Gasteiger partial charge in [-0.3, -0.25) is 0 Å². The van der Waals surface area contributed by atoms with Gasteiger partial charge in [-0.05, 0) is 44.2 Å². The lowest BCUT2D eigenvalue weighted by Gasteiger charge is -2.23. The zero-order valence-corrected chi connectivity index (χ0v) is 13.3. The molecule has 5 nitrogen and oxygen atoms in total. The van der Waals surface area contributed by atoms with Gasteiger partial charge in [0.05, 0.1) is 17.5 Å². The van der Waals surface area contributed by atoms with Crippen LogP contribution in [0.2, 0.25) is 0 Å². The van der Waals surface area contributed by atoms with Crippen molar-refractivity contribution in [2.24, 2.45) is 5.92 Å². The zero-order valence-electron chi connectivity index (χ0n) is 12.5. The van der Waals surface area contributed by atoms with Crippen LogP contribution < -0.4 is 10.0 Å². The van der Waals surface area contributed by atoms with Crippen molar-refractivity contribution in [3.05, 3.63) is 24.3 Å². The molecular weight excluding hydrogens is 276 g/mol. The van der Waals surface area contributed by atoms with Crippen LogP contribution in [0.4, 0.5) is 5.69 Å². The molecule has 0 fully saturated rings. The molecule has 20 heavy (non-hydrogen) atoms. The molecule has 0 saturated carbocycles. The average Bonchev–Trinajstić information content (AvgIpc) is 2.43. The van der Waals surface area contributed by atoms with Gasteiger partial charge < -0.3 is 10.1 Å². The average molecular weight is 300 g/mol. The molecule has 0 amide bonds. The Bertz CT molecular complexity index is 498. The highest BCUT2D eigenvalue weighted by atomic mass is 32.2. The number of hydrogen-bond donors (Lipinski definition) is 2. The normalized spacial score (nSPS) is 13.4. The molecule has 0 spiro atoms. The molecule has 1 aromatic carbocycles. The second-order valence-electron chi connectivity index (χ2n) is 4.89. The van der Waals surface area contributed by atoms with Crippen molar-refractivity contribution in [1.82, 2.24) is 4.72 Å². The van der Waals surface area contributed by atoms with Gasteiger partial charge in [0, 0.05) is 12.3 Å². The van der Waals surface area contributed by atoms with Gasteiger partial charge in [-0.15, -0.1) is 0 Å². The van der Waals surface area contributed by atoms with Crippen molar-refractivity contribution in [2.75, 3.05) is 25.6 Å². The number of ether oxygens (including phenoxy) is 1. The topological polar surface area (TPSA) is 67.4 Å². The Morgan fingerprint density at radius 3 is 2.25 bits per heavy atom. The van der Waals surface area contributed by atoms with Crippen LogP contribution in [0.15, 0.2) is 29.2 Å². The highest BCUT2D eigenvalue weighted by Crippen LogP contribution is 2.16. The van der Waals surface area contributed by atoms with Gasteiger partial charge in [0.25, 0.3) is 0 Å². The molecule has 1 atom stereocenters. The third kappa shape index (κ3) is 4.77. The summed E-state index contributed by atoms with van der Waals surface area (Å²) in [6, 6.07) is 6.91. The van der Waals surface area contributed by atoms with Crippen molar-refractivity contribution >= 4 is 15.7 Å². The van der Waals surface area contributed by atoms with E-state index in [2.05, 4.69) is 23.9 Å². The number of rotatable bonds is 8. The third-order valence-electron chi connectivity index (χ3n) is 3.09. The van der Waals surface area contributed by atoms with Gasteiger partial charge in [-0.1, -0.05) is 13.8 Å². The number of anilines is 1. The standard InChI is InChI=1S/C14H24N2O3S/c1-5-19-10-14(11(2)3)16-12-6-8-13(9-7-12)20(17,18)15-4/h6-9,11,14-16H,5,10H2,1-4H3. The zero-order chi connectivity index (χ0) is 15.2. The molecule has 1 rings (SSSR count). The fourth-order valence-electron chi connectivity index (χ4n) is 1.71. The summed E-state index contributed by atoms with van der Waals surface area (Å²) in [5.41, 5.74) is 0.887. The minimum atomic E-state index is -3.38. The van der Waals surface area contributed by atoms with Crippen LogP contribution >= 0.6 is 0 Å². The van der Waals surface area contributed by atoms with E-state index in [1.807, 2.05) is 6.92 Å². The summed E-state index contributed by atoms with van der Waals surface area (Å²) >= 11 is 0. The van der Waals surface area contributed by atoms with Crippen LogP contribution in [0, 0.1) is 5.92 Å². The van der Waals surface area contributed by atoms with E-state index < -0.39 is 10.0 Å². The van der Waals surface area contributed by atoms with Crippen LogP contribution in [0.5, 0.6) is 0 Å². The number of benzene rings is 1. The largest absolute Gasteiger partial charge is 0.380 e. The minimum absolute atomic E-state index is 0.196. The van der Waals surface area contributed by atoms with E-state index in [0.29, 0.717) is 19.1 Å². The molecule has 6 heteroatoms. The van der Waals surface area contributed by atoms with Gasteiger partial charge >= 0.3 is 0 Å². The molecule has 1 aromatic rings. The Kier molecular flexibility index (Phi) is 6.45. The molecule has 0 aliphatic carbocycles. The van der Waals surface area contributed by atoms with Gasteiger partial charge in [0.15, 0.2) is 0 Å². The van der Waals surface area contributed by atoms with Crippen molar-refractivity contribution in [1.29, 1.82) is 0 Å². The lowest BCUT2D eigenvalue weighted by Crippen LogP contribution is -2.31. The van der Waals surface area contributed by atoms with E-state index in [4.69, 9.17) is 4.74 Å². The second-order valence-corrected chi connectivity index (χ2v) is 6.77. The van der Waals surface area contributed by atoms with Gasteiger partial charge in [0.1, 0.15) is 0 Å². The van der Waals surface area contributed by atoms with Crippen LogP contribution in [-0.4, -0.2) is 34.7 Å². The first-order valence-corrected chi connectivity index (χ1v) is 8.27. The summed E-state index contributed by atoms with van der Waals surface area (Å²) in [5.74, 6) is 0.419. The molecule has 0 aromatic heterocycles. The predicted octanol–water partition coefficient (Wildman–Crippen LogP) is 2.07. The molecule has 2 N–H and O–H groups in total. The number of hydrogen-bond acceptors (Lipinski definition) is 4. The van der Waals surface area contributed by atoms with Crippen molar-refractivity contribution in [3.63, 3.8) is 0 Å². The Hall–Kier alpha value is -1.11. The van der Waals surface area contributed by atoms with Gasteiger partial charge in [0.2, 0.25) is 10.0 Å². The monoisotopic (exact) mass is 300 g/mol. The number of sulfonamides is 1. The summed E-state index contributed by atoms with van der Waals surface area (Å²) in [6.07, 6.45) is 0. The maximum atomic E-state index is 11.6. The third-order valence-corrected chi connectivity index (χ3v) is 4.52. The van der Waals surface area contributed by atoms with E-state index in [-0.39, 0.29) is 10.9 Å². The Morgan fingerprint density at radius 2 is 1.80 bits per heavy atom. The summed E-state index contributed by atoms with van der Waals surface area (Å²) < 4.78 is 31.0. The summed E-state index contributed by atoms with van der Waals surface area (Å²) in [7, 11) is -1.98. The summed E-state index contributed by atoms with van der Waals surface area (Å²) in [6.45, 7) is 7.52. The first-order chi connectivity index (χ1) is 9.40. The molecule has 1 unspecified atom stereocenters. The second kappa shape index (κ2) is 7.61. The maximum Gasteiger partial charge on any atom is 0.240 e. The van der Waals surface area contributed by atoms with E-state index in [1.165, 1.54) is 7.05 Å². The van der Waals surface area contributed by atoms with Gasteiger partial charge in [-0.25, -0.2) is 13.1 Å². The van der Waals surface area contributed by atoms with Crippen molar-refractivity contribution in [3.8, 4) is 0 Å². The lowest BCUT2D eigenvalue weighted by molar-refractivity contribution is 0.127. The van der Waals surface area contributed by atoms with Crippen LogP contribution in [-0.2, 0) is 14.8 Å². The molecule has 114 valence electrons. The van der Waals surface area contributed by atoms with Crippen molar-refractivity contribution < 1.29 is 13.2 Å². The van der Waals surface area contributed by atoms with Crippen molar-refractivity contribution in [2.45, 2.75) is 31.7 Å². The van der Waals surface area contributed by atoms with Gasteiger partial charge in [-0.2, -0.15) is 0 Å². The molecular formula is C14H24N2O3S. The van der Waals surface area contributed by atoms with E-state index in [0.717, 1.165) is 5.69 Å². The smallest absolute Gasteiger partial charge is 0.240 e. The van der Waals surface area contributed by atoms with E-state index >= 15 is 0 Å². The fourth-order valence-corrected chi connectivity index (χ4v) is 2.44. The summed E-state index contributed by atoms with van der Waals surface area (Å²) in [5, 5.41) is 3.37. The fraction of sp³-hybridized carbons (Fsp3) is 0.571. The van der Waals surface area contributed by atoms with E-state index in [1.54, 1.807) is 24.3 Å². The maximum absolute atomic E-state index is 11.6. The van der Waals surface area contributed by atoms with E-state index in [9.17, 15) is 8.42 Å². The molecule has 0 aliphatic heterocycles. The van der Waals surface area contributed by atoms with Crippen LogP contribution in [0.1, 0.15) is 20.8 Å². The first kappa shape index (κ1) is 16.9. The minimum Gasteiger partial charge on any atom is -0.380 e. The molecule has 0 aliphatic rings. The summed E-state index contributed by atoms with van der Waals surface area (Å²) in [4.78, 5) is 0.261. The lowest BCUT2D eigenvalue weighted by atomic mass is 10.1. The van der Waals surface area contributed by atoms with Crippen LogP contribution in [0.25, 0.3) is 0 Å². The molecule has 0 radical (unpaired) electrons. The Labute approximate surface area is 121 Å². The first-order valence-electron chi connectivity index (χ1n) is 6.78. The highest BCUT2D eigenvalue weighted by Gasteiger charge is 2.14. The molecule has 0 bridgehead atoms.